The van der Waals surface area contributed by atoms with Gasteiger partial charge in [0.05, 0.1) is 13.7 Å². The second-order valence-electron chi connectivity index (χ2n) is 7.01. The van der Waals surface area contributed by atoms with Gasteiger partial charge in [0.15, 0.2) is 17.3 Å². The largest absolute Gasteiger partial charge is 0.494 e. The predicted octanol–water partition coefficient (Wildman–Crippen LogP) is 2.80. The van der Waals surface area contributed by atoms with Gasteiger partial charge in [0, 0.05) is 5.56 Å². The third kappa shape index (κ3) is 2.74. The molecule has 7 heteroatoms. The summed E-state index contributed by atoms with van der Waals surface area (Å²) in [7, 11) is 1.33. The van der Waals surface area contributed by atoms with Crippen LogP contribution in [-0.2, 0) is 16.8 Å². The number of imide groups is 1. The molecule has 1 heterocycles. The van der Waals surface area contributed by atoms with Crippen molar-refractivity contribution < 1.29 is 23.5 Å². The number of methoxy groups -OCH3 is 1. The smallest absolute Gasteiger partial charge is 0.325 e. The van der Waals surface area contributed by atoms with Crippen LogP contribution in [0.4, 0.5) is 9.18 Å². The Bertz CT molecular complexity index is 990. The Balaban J connectivity index is 1.61. The number of nitrogens with zero attached hydrogens (tertiary/aromatic N) is 1. The van der Waals surface area contributed by atoms with E-state index >= 15 is 0 Å². The third-order valence-electron chi connectivity index (χ3n) is 5.43. The van der Waals surface area contributed by atoms with E-state index in [4.69, 9.17) is 4.74 Å². The maximum Gasteiger partial charge on any atom is 0.325 e. The topological polar surface area (TPSA) is 75.7 Å². The second kappa shape index (κ2) is 6.74. The molecule has 1 N–H and O–H groups in total. The summed E-state index contributed by atoms with van der Waals surface area (Å²) < 4.78 is 18.7. The van der Waals surface area contributed by atoms with Gasteiger partial charge in [0.1, 0.15) is 5.54 Å². The summed E-state index contributed by atoms with van der Waals surface area (Å²) in [5.74, 6) is -1.62. The van der Waals surface area contributed by atoms with Crippen molar-refractivity contribution in [3.05, 3.63) is 65.0 Å². The first-order valence-corrected chi connectivity index (χ1v) is 9.05. The first-order valence-electron chi connectivity index (χ1n) is 9.05. The Morgan fingerprint density at radius 3 is 2.79 bits per heavy atom. The van der Waals surface area contributed by atoms with E-state index in [-0.39, 0.29) is 11.3 Å². The normalized spacial score (nSPS) is 20.9. The SMILES string of the molecule is COc1ccc(C(=O)CN2C(=O)NC3(CCCc4ccccc43)C2=O)cc1F. The Morgan fingerprint density at radius 2 is 2.04 bits per heavy atom. The third-order valence-corrected chi connectivity index (χ3v) is 5.43. The van der Waals surface area contributed by atoms with Crippen molar-refractivity contribution in [2.45, 2.75) is 24.8 Å². The number of hydrogen-bond acceptors (Lipinski definition) is 4. The molecule has 1 fully saturated rings. The number of carbonyl (C=O) groups is 3. The van der Waals surface area contributed by atoms with E-state index in [9.17, 15) is 18.8 Å². The van der Waals surface area contributed by atoms with Gasteiger partial charge in [0.25, 0.3) is 5.91 Å². The number of ether oxygens (including phenoxy) is 1. The van der Waals surface area contributed by atoms with Gasteiger partial charge in [-0.05, 0) is 48.6 Å². The lowest BCUT2D eigenvalue weighted by molar-refractivity contribution is -0.131. The average Bonchev–Trinajstić information content (AvgIpc) is 2.93. The van der Waals surface area contributed by atoms with Gasteiger partial charge in [0.2, 0.25) is 0 Å². The zero-order valence-corrected chi connectivity index (χ0v) is 15.3. The van der Waals surface area contributed by atoms with Crippen LogP contribution in [0, 0.1) is 5.82 Å². The van der Waals surface area contributed by atoms with E-state index in [0.29, 0.717) is 6.42 Å². The highest BCUT2D eigenvalue weighted by atomic mass is 19.1. The Hall–Kier alpha value is -3.22. The van der Waals surface area contributed by atoms with E-state index in [1.807, 2.05) is 24.3 Å². The van der Waals surface area contributed by atoms with Crippen molar-refractivity contribution >= 4 is 17.7 Å². The monoisotopic (exact) mass is 382 g/mol. The number of urea groups is 1. The molecular formula is C21H19FN2O4. The molecule has 2 aromatic carbocycles. The molecule has 2 aromatic rings. The summed E-state index contributed by atoms with van der Waals surface area (Å²) in [6.07, 6.45) is 2.08. The van der Waals surface area contributed by atoms with Crippen LogP contribution in [0.2, 0.25) is 0 Å². The molecule has 0 saturated carbocycles. The summed E-state index contributed by atoms with van der Waals surface area (Å²) in [5, 5.41) is 2.80. The summed E-state index contributed by atoms with van der Waals surface area (Å²) in [5.41, 5.74) is 0.749. The van der Waals surface area contributed by atoms with Crippen molar-refractivity contribution in [1.82, 2.24) is 10.2 Å². The van der Waals surface area contributed by atoms with Crippen molar-refractivity contribution in [3.8, 4) is 5.75 Å². The number of ketones is 1. The standard InChI is InChI=1S/C21H19FN2O4/c1-28-18-9-8-14(11-16(18)22)17(25)12-24-19(26)21(23-20(24)27)10-4-6-13-5-2-3-7-15(13)21/h2-3,5,7-9,11H,4,6,10,12H2,1H3,(H,23,27). The summed E-state index contributed by atoms with van der Waals surface area (Å²) in [6, 6.07) is 10.7. The molecule has 4 rings (SSSR count). The average molecular weight is 382 g/mol. The van der Waals surface area contributed by atoms with E-state index in [1.165, 1.54) is 19.2 Å². The zero-order chi connectivity index (χ0) is 19.9. The molecule has 3 amide bonds. The highest BCUT2D eigenvalue weighted by Gasteiger charge is 2.54. The molecule has 28 heavy (non-hydrogen) atoms. The lowest BCUT2D eigenvalue weighted by Gasteiger charge is -2.33. The second-order valence-corrected chi connectivity index (χ2v) is 7.01. The first kappa shape index (κ1) is 18.2. The fraction of sp³-hybridized carbons (Fsp3) is 0.286. The van der Waals surface area contributed by atoms with Crippen LogP contribution in [0.25, 0.3) is 0 Å². The quantitative estimate of drug-likeness (QED) is 0.652. The summed E-state index contributed by atoms with van der Waals surface area (Å²) in [4.78, 5) is 39.2. The molecule has 0 radical (unpaired) electrons. The zero-order valence-electron chi connectivity index (χ0n) is 15.3. The fourth-order valence-corrected chi connectivity index (χ4v) is 4.03. The lowest BCUT2D eigenvalue weighted by Crippen LogP contribution is -2.46. The highest BCUT2D eigenvalue weighted by molar-refractivity contribution is 6.11. The van der Waals surface area contributed by atoms with Gasteiger partial charge in [-0.2, -0.15) is 0 Å². The van der Waals surface area contributed by atoms with Gasteiger partial charge in [-0.1, -0.05) is 24.3 Å². The summed E-state index contributed by atoms with van der Waals surface area (Å²) in [6.45, 7) is -0.444. The number of hydrogen-bond donors (Lipinski definition) is 1. The van der Waals surface area contributed by atoms with Gasteiger partial charge < -0.3 is 10.1 Å². The number of halogens is 1. The van der Waals surface area contributed by atoms with Crippen molar-refractivity contribution in [2.75, 3.05) is 13.7 Å². The molecule has 144 valence electrons. The predicted molar refractivity (Wildman–Crippen MR) is 98.6 cm³/mol. The molecule has 6 nitrogen and oxygen atoms in total. The summed E-state index contributed by atoms with van der Waals surface area (Å²) >= 11 is 0. The number of Topliss-reactive ketones (excluding diaryl/α,β-unsaturated/α-hetero) is 1. The van der Waals surface area contributed by atoms with Crippen LogP contribution < -0.4 is 10.1 Å². The molecule has 1 unspecified atom stereocenters. The number of carbonyl (C=O) groups excluding carboxylic acids is 3. The molecule has 1 atom stereocenters. The van der Waals surface area contributed by atoms with Crippen molar-refractivity contribution in [2.24, 2.45) is 0 Å². The number of rotatable bonds is 4. The first-order chi connectivity index (χ1) is 13.5. The molecular weight excluding hydrogens is 363 g/mol. The number of benzene rings is 2. The maximum atomic E-state index is 13.9. The highest BCUT2D eigenvalue weighted by Crippen LogP contribution is 2.39. The Morgan fingerprint density at radius 1 is 1.25 bits per heavy atom. The minimum absolute atomic E-state index is 0.0179. The number of fused-ring (bicyclic) bond motifs is 2. The number of nitrogens with one attached hydrogen (secondary N) is 1. The fourth-order valence-electron chi connectivity index (χ4n) is 4.03. The van der Waals surface area contributed by atoms with Crippen LogP contribution in [-0.4, -0.2) is 36.3 Å². The minimum Gasteiger partial charge on any atom is -0.494 e. The lowest BCUT2D eigenvalue weighted by atomic mass is 9.76. The Kier molecular flexibility index (Phi) is 4.37. The molecule has 1 saturated heterocycles. The van der Waals surface area contributed by atoms with Gasteiger partial charge in [-0.25, -0.2) is 9.18 Å². The maximum absolute atomic E-state index is 13.9. The van der Waals surface area contributed by atoms with E-state index in [0.717, 1.165) is 34.9 Å². The molecule has 0 aromatic heterocycles. The van der Waals surface area contributed by atoms with Gasteiger partial charge in [-0.15, -0.1) is 0 Å². The van der Waals surface area contributed by atoms with Gasteiger partial charge in [-0.3, -0.25) is 14.5 Å². The van der Waals surface area contributed by atoms with Crippen LogP contribution in [0.15, 0.2) is 42.5 Å². The van der Waals surface area contributed by atoms with Crippen molar-refractivity contribution in [1.29, 1.82) is 0 Å². The Labute approximate surface area is 161 Å². The van der Waals surface area contributed by atoms with E-state index in [1.54, 1.807) is 0 Å². The van der Waals surface area contributed by atoms with Crippen molar-refractivity contribution in [3.63, 3.8) is 0 Å². The van der Waals surface area contributed by atoms with Crippen LogP contribution >= 0.6 is 0 Å². The molecule has 1 spiro atoms. The van der Waals surface area contributed by atoms with Gasteiger partial charge >= 0.3 is 6.03 Å². The van der Waals surface area contributed by atoms with E-state index < -0.39 is 35.6 Å². The molecule has 1 aliphatic carbocycles. The number of amides is 3. The van der Waals surface area contributed by atoms with Crippen LogP contribution in [0.5, 0.6) is 5.75 Å². The molecule has 0 bridgehead atoms. The molecule has 1 aliphatic heterocycles. The van der Waals surface area contributed by atoms with Crippen LogP contribution in [0.1, 0.15) is 34.3 Å². The van der Waals surface area contributed by atoms with Crippen LogP contribution in [0.3, 0.4) is 0 Å². The minimum atomic E-state index is -1.13. The van der Waals surface area contributed by atoms with E-state index in [2.05, 4.69) is 5.32 Å². The molecule has 2 aliphatic rings. The number of aryl methyl sites for hydroxylation is 1.